The molecule has 1 aromatic heterocycles. The van der Waals surface area contributed by atoms with Gasteiger partial charge in [0.1, 0.15) is 5.82 Å². The molecule has 0 fully saturated rings. The van der Waals surface area contributed by atoms with Crippen molar-refractivity contribution in [3.05, 3.63) is 63.6 Å². The lowest BCUT2D eigenvalue weighted by Crippen LogP contribution is -2.22. The van der Waals surface area contributed by atoms with E-state index in [1.54, 1.807) is 11.4 Å². The summed E-state index contributed by atoms with van der Waals surface area (Å²) in [7, 11) is 0. The quantitative estimate of drug-likeness (QED) is 0.835. The number of rotatable bonds is 5. The normalized spacial score (nSPS) is 10.7. The van der Waals surface area contributed by atoms with Crippen LogP contribution in [0.3, 0.4) is 0 Å². The van der Waals surface area contributed by atoms with Crippen LogP contribution in [0.1, 0.15) is 20.8 Å². The summed E-state index contributed by atoms with van der Waals surface area (Å²) in [5, 5.41) is 13.1. The monoisotopic (exact) mass is 305 g/mol. The highest BCUT2D eigenvalue weighted by atomic mass is 32.1. The molecule has 1 amide bonds. The van der Waals surface area contributed by atoms with E-state index >= 15 is 0 Å². The minimum atomic E-state index is -1.01. The molecule has 0 atom stereocenters. The number of aliphatic carboxylic acids is 1. The van der Waals surface area contributed by atoms with Crippen LogP contribution < -0.4 is 5.32 Å². The molecule has 2 N–H and O–H groups in total. The Balaban J connectivity index is 1.92. The molecule has 4 nitrogen and oxygen atoms in total. The molecule has 108 valence electrons. The summed E-state index contributed by atoms with van der Waals surface area (Å²) < 4.78 is 12.8. The summed E-state index contributed by atoms with van der Waals surface area (Å²) >= 11 is 1.42. The van der Waals surface area contributed by atoms with Gasteiger partial charge in [-0.15, -0.1) is 11.3 Å². The molecule has 1 heterocycles. The first-order valence-electron chi connectivity index (χ1n) is 6.07. The number of amides is 1. The molecule has 0 aliphatic carbocycles. The molecule has 0 radical (unpaired) electrons. The Morgan fingerprint density at radius 2 is 2.00 bits per heavy atom. The van der Waals surface area contributed by atoms with E-state index in [2.05, 4.69) is 5.32 Å². The zero-order chi connectivity index (χ0) is 15.2. The maximum atomic E-state index is 12.8. The molecule has 0 saturated carbocycles. The Morgan fingerprint density at radius 1 is 1.29 bits per heavy atom. The van der Waals surface area contributed by atoms with Gasteiger partial charge in [0, 0.05) is 16.5 Å². The number of halogens is 1. The van der Waals surface area contributed by atoms with Crippen molar-refractivity contribution < 1.29 is 19.1 Å². The number of hydrogen-bond acceptors (Lipinski definition) is 3. The maximum Gasteiger partial charge on any atom is 0.328 e. The molecular weight excluding hydrogens is 293 g/mol. The summed E-state index contributed by atoms with van der Waals surface area (Å²) in [6.45, 7) is 0.335. The van der Waals surface area contributed by atoms with E-state index in [9.17, 15) is 14.0 Å². The van der Waals surface area contributed by atoms with Crippen LogP contribution in [-0.2, 0) is 11.3 Å². The van der Waals surface area contributed by atoms with E-state index in [0.29, 0.717) is 12.1 Å². The Bertz CT molecular complexity index is 676. The number of thiophene rings is 1. The SMILES string of the molecule is O=C(O)C=Cc1csc(CNC(=O)c2ccc(F)cc2)c1. The molecule has 0 saturated heterocycles. The lowest BCUT2D eigenvalue weighted by molar-refractivity contribution is -0.131. The van der Waals surface area contributed by atoms with Crippen molar-refractivity contribution in [3.8, 4) is 0 Å². The molecule has 0 aliphatic rings. The Labute approximate surface area is 124 Å². The first kappa shape index (κ1) is 14.9. The van der Waals surface area contributed by atoms with Crippen LogP contribution >= 0.6 is 11.3 Å². The lowest BCUT2D eigenvalue weighted by atomic mass is 10.2. The van der Waals surface area contributed by atoms with Crippen molar-refractivity contribution in [2.45, 2.75) is 6.54 Å². The van der Waals surface area contributed by atoms with Crippen LogP contribution in [0.5, 0.6) is 0 Å². The molecule has 0 bridgehead atoms. The van der Waals surface area contributed by atoms with Gasteiger partial charge in [0.25, 0.3) is 5.91 Å². The van der Waals surface area contributed by atoms with E-state index < -0.39 is 5.97 Å². The molecule has 6 heteroatoms. The van der Waals surface area contributed by atoms with Crippen molar-refractivity contribution in [1.82, 2.24) is 5.32 Å². The van der Waals surface area contributed by atoms with Gasteiger partial charge in [0.2, 0.25) is 0 Å². The molecule has 2 rings (SSSR count). The molecule has 0 unspecified atom stereocenters. The standard InChI is InChI=1S/C15H12FNO3S/c16-12-4-2-11(3-5-12)15(20)17-8-13-7-10(9-21-13)1-6-14(18)19/h1-7,9H,8H2,(H,17,20)(H,18,19). The molecular formula is C15H12FNO3S. The summed E-state index contributed by atoms with van der Waals surface area (Å²) in [5.74, 6) is -1.68. The third-order valence-electron chi connectivity index (χ3n) is 2.62. The van der Waals surface area contributed by atoms with Crippen molar-refractivity contribution >= 4 is 29.3 Å². The second-order valence-corrected chi connectivity index (χ2v) is 5.20. The van der Waals surface area contributed by atoms with Gasteiger partial charge < -0.3 is 10.4 Å². The first-order chi connectivity index (χ1) is 10.0. The average molecular weight is 305 g/mol. The van der Waals surface area contributed by atoms with Gasteiger partial charge in [0.05, 0.1) is 6.54 Å². The zero-order valence-corrected chi connectivity index (χ0v) is 11.7. The summed E-state index contributed by atoms with van der Waals surface area (Å²) in [6.07, 6.45) is 2.55. The maximum absolute atomic E-state index is 12.8. The smallest absolute Gasteiger partial charge is 0.328 e. The third kappa shape index (κ3) is 4.54. The number of nitrogens with one attached hydrogen (secondary N) is 1. The second-order valence-electron chi connectivity index (χ2n) is 4.21. The van der Waals surface area contributed by atoms with Crippen LogP contribution in [-0.4, -0.2) is 17.0 Å². The fourth-order valence-corrected chi connectivity index (χ4v) is 2.41. The zero-order valence-electron chi connectivity index (χ0n) is 10.9. The number of carbonyl (C=O) groups excluding carboxylic acids is 1. The molecule has 1 aromatic carbocycles. The average Bonchev–Trinajstić information content (AvgIpc) is 2.91. The number of carboxylic acid groups (broad SMARTS) is 1. The van der Waals surface area contributed by atoms with E-state index in [1.807, 2.05) is 0 Å². The fraction of sp³-hybridized carbons (Fsp3) is 0.0667. The van der Waals surface area contributed by atoms with Crippen molar-refractivity contribution in [2.75, 3.05) is 0 Å². The number of carboxylic acids is 1. The van der Waals surface area contributed by atoms with E-state index in [0.717, 1.165) is 16.5 Å². The predicted molar refractivity (Wildman–Crippen MR) is 78.6 cm³/mol. The summed E-state index contributed by atoms with van der Waals surface area (Å²) in [5.41, 5.74) is 1.16. The second kappa shape index (κ2) is 6.81. The van der Waals surface area contributed by atoms with Crippen LogP contribution in [0.15, 0.2) is 41.8 Å². The van der Waals surface area contributed by atoms with Gasteiger partial charge in [-0.2, -0.15) is 0 Å². The molecule has 0 spiro atoms. The minimum absolute atomic E-state index is 0.286. The van der Waals surface area contributed by atoms with Crippen LogP contribution in [0.4, 0.5) is 4.39 Å². The van der Waals surface area contributed by atoms with Gasteiger partial charge in [-0.3, -0.25) is 4.79 Å². The van der Waals surface area contributed by atoms with Crippen LogP contribution in [0.25, 0.3) is 6.08 Å². The summed E-state index contributed by atoms with van der Waals surface area (Å²) in [4.78, 5) is 23.1. The van der Waals surface area contributed by atoms with Crippen LogP contribution in [0, 0.1) is 5.82 Å². The number of carbonyl (C=O) groups is 2. The molecule has 2 aromatic rings. The van der Waals surface area contributed by atoms with Gasteiger partial charge in [-0.25, -0.2) is 9.18 Å². The lowest BCUT2D eigenvalue weighted by Gasteiger charge is -2.03. The predicted octanol–water partition coefficient (Wildman–Crippen LogP) is 2.92. The van der Waals surface area contributed by atoms with Gasteiger partial charge in [-0.1, -0.05) is 0 Å². The van der Waals surface area contributed by atoms with Crippen molar-refractivity contribution in [1.29, 1.82) is 0 Å². The largest absolute Gasteiger partial charge is 0.478 e. The summed E-state index contributed by atoms with van der Waals surface area (Å²) in [6, 6.07) is 7.10. The Kier molecular flexibility index (Phi) is 4.84. The van der Waals surface area contributed by atoms with Gasteiger partial charge in [-0.05, 0) is 47.4 Å². The highest BCUT2D eigenvalue weighted by Crippen LogP contribution is 2.16. The number of benzene rings is 1. The highest BCUT2D eigenvalue weighted by molar-refractivity contribution is 7.10. The minimum Gasteiger partial charge on any atom is -0.478 e. The fourth-order valence-electron chi connectivity index (χ4n) is 1.62. The first-order valence-corrected chi connectivity index (χ1v) is 6.95. The molecule has 21 heavy (non-hydrogen) atoms. The van der Waals surface area contributed by atoms with Gasteiger partial charge in [0.15, 0.2) is 0 Å². The van der Waals surface area contributed by atoms with Crippen molar-refractivity contribution in [3.63, 3.8) is 0 Å². The van der Waals surface area contributed by atoms with Crippen molar-refractivity contribution in [2.24, 2.45) is 0 Å². The third-order valence-corrected chi connectivity index (χ3v) is 3.58. The van der Waals surface area contributed by atoms with E-state index in [-0.39, 0.29) is 11.7 Å². The molecule has 0 aliphatic heterocycles. The Morgan fingerprint density at radius 3 is 2.67 bits per heavy atom. The van der Waals surface area contributed by atoms with E-state index in [4.69, 9.17) is 5.11 Å². The van der Waals surface area contributed by atoms with Gasteiger partial charge >= 0.3 is 5.97 Å². The van der Waals surface area contributed by atoms with E-state index in [1.165, 1.54) is 41.7 Å². The number of hydrogen-bond donors (Lipinski definition) is 2. The topological polar surface area (TPSA) is 66.4 Å². The van der Waals surface area contributed by atoms with Crippen LogP contribution in [0.2, 0.25) is 0 Å². The Hall–Kier alpha value is -2.47. The highest BCUT2D eigenvalue weighted by Gasteiger charge is 2.06.